The summed E-state index contributed by atoms with van der Waals surface area (Å²) in [5.41, 5.74) is 2.50. The first-order chi connectivity index (χ1) is 13.6. The predicted octanol–water partition coefficient (Wildman–Crippen LogP) is 4.55. The first-order valence-electron chi connectivity index (χ1n) is 8.68. The predicted molar refractivity (Wildman–Crippen MR) is 112 cm³/mol. The van der Waals surface area contributed by atoms with E-state index in [1.54, 1.807) is 37.9 Å². The van der Waals surface area contributed by atoms with Crippen LogP contribution >= 0.6 is 23.1 Å². The van der Waals surface area contributed by atoms with Crippen LogP contribution in [0.2, 0.25) is 0 Å². The Morgan fingerprint density at radius 3 is 2.61 bits per heavy atom. The average molecular weight is 416 g/mol. The van der Waals surface area contributed by atoms with Gasteiger partial charge in [0.1, 0.15) is 0 Å². The molecule has 0 unspecified atom stereocenters. The summed E-state index contributed by atoms with van der Waals surface area (Å²) in [5.74, 6) is 1.60. The van der Waals surface area contributed by atoms with Gasteiger partial charge in [-0.2, -0.15) is 0 Å². The van der Waals surface area contributed by atoms with Crippen molar-refractivity contribution in [1.29, 1.82) is 0 Å². The molecule has 0 saturated heterocycles. The van der Waals surface area contributed by atoms with Gasteiger partial charge in [-0.25, -0.2) is 0 Å². The minimum absolute atomic E-state index is 0.294. The van der Waals surface area contributed by atoms with Crippen molar-refractivity contribution in [3.63, 3.8) is 0 Å². The Bertz CT molecular complexity index is 946. The lowest BCUT2D eigenvalue weighted by Gasteiger charge is -2.15. The Morgan fingerprint density at radius 2 is 1.86 bits per heavy atom. The van der Waals surface area contributed by atoms with Crippen molar-refractivity contribution in [3.8, 4) is 11.5 Å². The molecule has 146 valence electrons. The normalized spacial score (nSPS) is 11.7. The van der Waals surface area contributed by atoms with Crippen molar-refractivity contribution < 1.29 is 14.3 Å². The van der Waals surface area contributed by atoms with Gasteiger partial charge in [0.05, 0.1) is 7.11 Å². The van der Waals surface area contributed by atoms with Gasteiger partial charge in [-0.15, -0.1) is 10.2 Å². The molecular weight excluding hydrogens is 394 g/mol. The van der Waals surface area contributed by atoms with Crippen LogP contribution in [0.3, 0.4) is 0 Å². The number of thioether (sulfide) groups is 1. The lowest BCUT2D eigenvalue weighted by atomic mass is 10.1. The fraction of sp³-hybridized carbons (Fsp3) is 0.250. The number of ether oxygens (including phenoxy) is 2. The SMILES string of the molecule is COc1ccccc1O[C@H](C)C(=O)Nc1nnc(SCc2ccccc2C)s1. The van der Waals surface area contributed by atoms with Crippen molar-refractivity contribution in [2.75, 3.05) is 12.4 Å². The standard InChI is InChI=1S/C20H21N3O3S2/c1-13-8-4-5-9-15(13)12-27-20-23-22-19(28-20)21-18(24)14(2)26-17-11-7-6-10-16(17)25-3/h4-11,14H,12H2,1-3H3,(H,21,22,24)/t14-/m1/s1. The van der Waals surface area contributed by atoms with Crippen molar-refractivity contribution in [1.82, 2.24) is 10.2 Å². The highest BCUT2D eigenvalue weighted by Crippen LogP contribution is 2.30. The molecule has 1 N–H and O–H groups in total. The molecule has 0 saturated carbocycles. The minimum Gasteiger partial charge on any atom is -0.493 e. The molecule has 8 heteroatoms. The van der Waals surface area contributed by atoms with E-state index in [-0.39, 0.29) is 5.91 Å². The van der Waals surface area contributed by atoms with Crippen molar-refractivity contribution in [2.45, 2.75) is 30.0 Å². The number of anilines is 1. The summed E-state index contributed by atoms with van der Waals surface area (Å²) in [4.78, 5) is 12.4. The average Bonchev–Trinajstić information content (AvgIpc) is 3.15. The van der Waals surface area contributed by atoms with E-state index in [0.717, 1.165) is 10.1 Å². The van der Waals surface area contributed by atoms with Gasteiger partial charge in [0.2, 0.25) is 5.13 Å². The number of nitrogens with one attached hydrogen (secondary N) is 1. The number of rotatable bonds is 8. The number of methoxy groups -OCH3 is 1. The van der Waals surface area contributed by atoms with Gasteiger partial charge in [-0.05, 0) is 37.1 Å². The monoisotopic (exact) mass is 415 g/mol. The second-order valence-corrected chi connectivity index (χ2v) is 8.19. The number of carbonyl (C=O) groups excluding carboxylic acids is 1. The first kappa shape index (κ1) is 20.2. The van der Waals surface area contributed by atoms with E-state index < -0.39 is 6.10 Å². The van der Waals surface area contributed by atoms with Crippen LogP contribution in [0.15, 0.2) is 52.9 Å². The van der Waals surface area contributed by atoms with Gasteiger partial charge in [0, 0.05) is 5.75 Å². The fourth-order valence-electron chi connectivity index (χ4n) is 2.40. The lowest BCUT2D eigenvalue weighted by molar-refractivity contribution is -0.122. The van der Waals surface area contributed by atoms with Crippen molar-refractivity contribution in [3.05, 3.63) is 59.7 Å². The Labute approximate surface area is 172 Å². The highest BCUT2D eigenvalue weighted by atomic mass is 32.2. The maximum absolute atomic E-state index is 12.4. The van der Waals surface area contributed by atoms with Gasteiger partial charge in [-0.1, -0.05) is 59.5 Å². The number of benzene rings is 2. The molecule has 0 spiro atoms. The molecule has 6 nitrogen and oxygen atoms in total. The maximum atomic E-state index is 12.4. The summed E-state index contributed by atoms with van der Waals surface area (Å²) in [6, 6.07) is 15.4. The highest BCUT2D eigenvalue weighted by molar-refractivity contribution is 8.00. The number of carbonyl (C=O) groups is 1. The van der Waals surface area contributed by atoms with Crippen LogP contribution in [0.4, 0.5) is 5.13 Å². The van der Waals surface area contributed by atoms with Gasteiger partial charge < -0.3 is 9.47 Å². The quantitative estimate of drug-likeness (QED) is 0.430. The van der Waals surface area contributed by atoms with Crippen LogP contribution in [-0.2, 0) is 10.5 Å². The molecule has 0 fully saturated rings. The molecule has 1 atom stereocenters. The zero-order chi connectivity index (χ0) is 19.9. The number of nitrogens with zero attached hydrogens (tertiary/aromatic N) is 2. The molecule has 1 amide bonds. The van der Waals surface area contributed by atoms with E-state index in [9.17, 15) is 4.79 Å². The maximum Gasteiger partial charge on any atom is 0.266 e. The largest absolute Gasteiger partial charge is 0.493 e. The number of para-hydroxylation sites is 2. The molecule has 0 aliphatic rings. The third-order valence-electron chi connectivity index (χ3n) is 3.99. The summed E-state index contributed by atoms with van der Waals surface area (Å²) in [6.07, 6.45) is -0.705. The third kappa shape index (κ3) is 5.24. The number of amides is 1. The summed E-state index contributed by atoms with van der Waals surface area (Å²) in [6.45, 7) is 3.77. The molecular formula is C20H21N3O3S2. The molecule has 0 radical (unpaired) electrons. The number of aromatic nitrogens is 2. The van der Waals surface area contributed by atoms with Gasteiger partial charge in [0.15, 0.2) is 21.9 Å². The minimum atomic E-state index is -0.705. The summed E-state index contributed by atoms with van der Waals surface area (Å²) in [5, 5.41) is 11.4. The number of hydrogen-bond donors (Lipinski definition) is 1. The lowest BCUT2D eigenvalue weighted by Crippen LogP contribution is -2.30. The van der Waals surface area contributed by atoms with Crippen LogP contribution in [-0.4, -0.2) is 29.3 Å². The van der Waals surface area contributed by atoms with E-state index in [0.29, 0.717) is 16.6 Å². The van der Waals surface area contributed by atoms with Crippen molar-refractivity contribution in [2.24, 2.45) is 0 Å². The molecule has 28 heavy (non-hydrogen) atoms. The molecule has 0 bridgehead atoms. The molecule has 2 aromatic carbocycles. The van der Waals surface area contributed by atoms with E-state index >= 15 is 0 Å². The Balaban J connectivity index is 1.55. The Hall–Kier alpha value is -2.58. The zero-order valence-corrected chi connectivity index (χ0v) is 17.5. The molecule has 0 aliphatic carbocycles. The van der Waals surface area contributed by atoms with E-state index in [1.807, 2.05) is 24.3 Å². The van der Waals surface area contributed by atoms with E-state index in [4.69, 9.17) is 9.47 Å². The van der Waals surface area contributed by atoms with Gasteiger partial charge in [-0.3, -0.25) is 10.1 Å². The molecule has 1 aromatic heterocycles. The van der Waals surface area contributed by atoms with Gasteiger partial charge in [0.25, 0.3) is 5.91 Å². The second kappa shape index (κ2) is 9.57. The Kier molecular flexibility index (Phi) is 6.89. The highest BCUT2D eigenvalue weighted by Gasteiger charge is 2.18. The summed E-state index contributed by atoms with van der Waals surface area (Å²) < 4.78 is 11.8. The van der Waals surface area contributed by atoms with E-state index in [2.05, 4.69) is 34.6 Å². The smallest absolute Gasteiger partial charge is 0.266 e. The zero-order valence-electron chi connectivity index (χ0n) is 15.8. The molecule has 3 rings (SSSR count). The van der Waals surface area contributed by atoms with Crippen LogP contribution in [0.1, 0.15) is 18.1 Å². The number of aryl methyl sites for hydroxylation is 1. The van der Waals surface area contributed by atoms with E-state index in [1.165, 1.54) is 22.5 Å². The van der Waals surface area contributed by atoms with Crippen LogP contribution in [0, 0.1) is 6.92 Å². The van der Waals surface area contributed by atoms with Crippen LogP contribution in [0.5, 0.6) is 11.5 Å². The van der Waals surface area contributed by atoms with Crippen molar-refractivity contribution >= 4 is 34.1 Å². The molecule has 1 heterocycles. The molecule has 3 aromatic rings. The Morgan fingerprint density at radius 1 is 1.14 bits per heavy atom. The summed E-state index contributed by atoms with van der Waals surface area (Å²) >= 11 is 2.94. The first-order valence-corrected chi connectivity index (χ1v) is 10.5. The van der Waals surface area contributed by atoms with Crippen LogP contribution in [0.25, 0.3) is 0 Å². The topological polar surface area (TPSA) is 73.3 Å². The molecule has 0 aliphatic heterocycles. The van der Waals surface area contributed by atoms with Gasteiger partial charge >= 0.3 is 0 Å². The summed E-state index contributed by atoms with van der Waals surface area (Å²) in [7, 11) is 1.56. The fourth-order valence-corrected chi connectivity index (χ4v) is 4.23. The third-order valence-corrected chi connectivity index (χ3v) is 6.01. The second-order valence-electron chi connectivity index (χ2n) is 5.99. The number of hydrogen-bond acceptors (Lipinski definition) is 7. The van der Waals surface area contributed by atoms with Crippen LogP contribution < -0.4 is 14.8 Å².